The van der Waals surface area contributed by atoms with Crippen LogP contribution in [0.5, 0.6) is 0 Å². The summed E-state index contributed by atoms with van der Waals surface area (Å²) in [5.74, 6) is 3.66. The van der Waals surface area contributed by atoms with Gasteiger partial charge in [0.2, 0.25) is 5.89 Å². The van der Waals surface area contributed by atoms with Crippen LogP contribution in [-0.2, 0) is 0 Å². The highest BCUT2D eigenvalue weighted by atomic mass is 16.5. The summed E-state index contributed by atoms with van der Waals surface area (Å²) >= 11 is 0. The van der Waals surface area contributed by atoms with E-state index in [1.54, 1.807) is 0 Å². The van der Waals surface area contributed by atoms with E-state index < -0.39 is 0 Å². The van der Waals surface area contributed by atoms with Crippen molar-refractivity contribution in [3.8, 4) is 0 Å². The standard InChI is InChI=1S/C13H21N3O/c1-9-2-4-10(5-3-9)12-15-13(17-16-12)11-6-7-14-8-11/h9-11,14H,2-8H2,1H3. The fraction of sp³-hybridized carbons (Fsp3) is 0.846. The third kappa shape index (κ3) is 2.37. The molecule has 0 amide bonds. The molecule has 1 aromatic heterocycles. The molecule has 1 atom stereocenters. The summed E-state index contributed by atoms with van der Waals surface area (Å²) < 4.78 is 5.43. The number of nitrogens with zero attached hydrogens (tertiary/aromatic N) is 2. The number of hydrogen-bond acceptors (Lipinski definition) is 4. The number of aromatic nitrogens is 2. The molecule has 1 aliphatic carbocycles. The Bertz CT molecular complexity index is 362. The van der Waals surface area contributed by atoms with Gasteiger partial charge in [0.1, 0.15) is 0 Å². The van der Waals surface area contributed by atoms with Gasteiger partial charge in [-0.25, -0.2) is 0 Å². The van der Waals surface area contributed by atoms with E-state index in [1.807, 2.05) is 0 Å². The largest absolute Gasteiger partial charge is 0.339 e. The molecule has 1 saturated carbocycles. The Labute approximate surface area is 102 Å². The van der Waals surface area contributed by atoms with E-state index in [1.165, 1.54) is 25.7 Å². The van der Waals surface area contributed by atoms with E-state index in [4.69, 9.17) is 4.52 Å². The van der Waals surface area contributed by atoms with E-state index in [-0.39, 0.29) is 0 Å². The van der Waals surface area contributed by atoms with Gasteiger partial charge in [0.25, 0.3) is 0 Å². The lowest BCUT2D eigenvalue weighted by atomic mass is 9.83. The summed E-state index contributed by atoms with van der Waals surface area (Å²) in [7, 11) is 0. The third-order valence-corrected chi connectivity index (χ3v) is 4.25. The minimum Gasteiger partial charge on any atom is -0.339 e. The van der Waals surface area contributed by atoms with Crippen LogP contribution in [0.4, 0.5) is 0 Å². The van der Waals surface area contributed by atoms with Gasteiger partial charge >= 0.3 is 0 Å². The summed E-state index contributed by atoms with van der Waals surface area (Å²) in [4.78, 5) is 4.62. The van der Waals surface area contributed by atoms with Gasteiger partial charge in [-0.15, -0.1) is 0 Å². The normalized spacial score (nSPS) is 34.1. The van der Waals surface area contributed by atoms with Crippen molar-refractivity contribution in [3.63, 3.8) is 0 Å². The summed E-state index contributed by atoms with van der Waals surface area (Å²) in [6.07, 6.45) is 6.19. The smallest absolute Gasteiger partial charge is 0.231 e. The van der Waals surface area contributed by atoms with Gasteiger partial charge in [-0.3, -0.25) is 0 Å². The van der Waals surface area contributed by atoms with Crippen LogP contribution in [0, 0.1) is 5.92 Å². The van der Waals surface area contributed by atoms with Gasteiger partial charge in [0.15, 0.2) is 5.82 Å². The zero-order chi connectivity index (χ0) is 11.7. The first-order valence-electron chi connectivity index (χ1n) is 6.87. The molecule has 3 rings (SSSR count). The van der Waals surface area contributed by atoms with Crippen molar-refractivity contribution in [2.45, 2.75) is 50.9 Å². The van der Waals surface area contributed by atoms with E-state index >= 15 is 0 Å². The molecule has 4 heteroatoms. The first-order chi connectivity index (χ1) is 8.33. The Morgan fingerprint density at radius 1 is 1.12 bits per heavy atom. The fourth-order valence-electron chi connectivity index (χ4n) is 2.96. The number of hydrogen-bond donors (Lipinski definition) is 1. The maximum Gasteiger partial charge on any atom is 0.231 e. The molecule has 1 N–H and O–H groups in total. The molecule has 1 aromatic rings. The highest BCUT2D eigenvalue weighted by Gasteiger charge is 2.27. The molecule has 2 fully saturated rings. The molecule has 1 saturated heterocycles. The van der Waals surface area contributed by atoms with Gasteiger partial charge in [-0.1, -0.05) is 24.9 Å². The van der Waals surface area contributed by atoms with Gasteiger partial charge in [-0.05, 0) is 31.7 Å². The summed E-state index contributed by atoms with van der Waals surface area (Å²) in [5, 5.41) is 7.53. The molecule has 1 aliphatic heterocycles. The van der Waals surface area contributed by atoms with Crippen LogP contribution >= 0.6 is 0 Å². The van der Waals surface area contributed by atoms with Crippen molar-refractivity contribution in [2.24, 2.45) is 5.92 Å². The second-order valence-corrected chi connectivity index (χ2v) is 5.64. The number of nitrogens with one attached hydrogen (secondary N) is 1. The zero-order valence-electron chi connectivity index (χ0n) is 10.5. The van der Waals surface area contributed by atoms with Gasteiger partial charge in [0, 0.05) is 12.5 Å². The van der Waals surface area contributed by atoms with E-state index in [2.05, 4.69) is 22.4 Å². The van der Waals surface area contributed by atoms with Crippen molar-refractivity contribution in [1.82, 2.24) is 15.5 Å². The lowest BCUT2D eigenvalue weighted by molar-refractivity contribution is 0.320. The Kier molecular flexibility index (Phi) is 3.14. The minimum atomic E-state index is 0.443. The van der Waals surface area contributed by atoms with E-state index in [0.29, 0.717) is 11.8 Å². The second kappa shape index (κ2) is 4.77. The molecule has 0 spiro atoms. The summed E-state index contributed by atoms with van der Waals surface area (Å²) in [5.41, 5.74) is 0. The van der Waals surface area contributed by atoms with Crippen LogP contribution in [0.25, 0.3) is 0 Å². The quantitative estimate of drug-likeness (QED) is 0.855. The lowest BCUT2D eigenvalue weighted by Crippen LogP contribution is -2.12. The maximum absolute atomic E-state index is 5.43. The first kappa shape index (κ1) is 11.2. The van der Waals surface area contributed by atoms with Gasteiger partial charge in [-0.2, -0.15) is 4.98 Å². The SMILES string of the molecule is CC1CCC(c2noc(C3CCNC3)n2)CC1. The number of rotatable bonds is 2. The van der Waals surface area contributed by atoms with Crippen molar-refractivity contribution >= 4 is 0 Å². The van der Waals surface area contributed by atoms with Crippen LogP contribution in [0.1, 0.15) is 62.6 Å². The van der Waals surface area contributed by atoms with E-state index in [9.17, 15) is 0 Å². The molecule has 4 nitrogen and oxygen atoms in total. The molecule has 0 bridgehead atoms. The van der Waals surface area contributed by atoms with Crippen LogP contribution in [0.2, 0.25) is 0 Å². The van der Waals surface area contributed by atoms with E-state index in [0.717, 1.165) is 37.1 Å². The molecule has 0 radical (unpaired) electrons. The Morgan fingerprint density at radius 2 is 1.94 bits per heavy atom. The van der Waals surface area contributed by atoms with Crippen LogP contribution in [0.15, 0.2) is 4.52 Å². The topological polar surface area (TPSA) is 51.0 Å². The molecule has 0 aromatic carbocycles. The van der Waals surface area contributed by atoms with Crippen LogP contribution in [-0.4, -0.2) is 23.2 Å². The molecule has 1 unspecified atom stereocenters. The van der Waals surface area contributed by atoms with Crippen molar-refractivity contribution in [2.75, 3.05) is 13.1 Å². The average Bonchev–Trinajstić information content (AvgIpc) is 3.00. The third-order valence-electron chi connectivity index (χ3n) is 4.25. The first-order valence-corrected chi connectivity index (χ1v) is 6.87. The Morgan fingerprint density at radius 3 is 2.65 bits per heavy atom. The molecule has 2 heterocycles. The van der Waals surface area contributed by atoms with Crippen LogP contribution < -0.4 is 5.32 Å². The highest BCUT2D eigenvalue weighted by Crippen LogP contribution is 2.34. The molecule has 17 heavy (non-hydrogen) atoms. The average molecular weight is 235 g/mol. The highest BCUT2D eigenvalue weighted by molar-refractivity contribution is 5.02. The van der Waals surface area contributed by atoms with Crippen molar-refractivity contribution < 1.29 is 4.52 Å². The Hall–Kier alpha value is -0.900. The monoisotopic (exact) mass is 235 g/mol. The predicted octanol–water partition coefficient (Wildman–Crippen LogP) is 2.44. The fourth-order valence-corrected chi connectivity index (χ4v) is 2.96. The molecule has 94 valence electrons. The molecular weight excluding hydrogens is 214 g/mol. The minimum absolute atomic E-state index is 0.443. The molecular formula is C13H21N3O. The Balaban J connectivity index is 1.67. The van der Waals surface area contributed by atoms with Crippen molar-refractivity contribution in [1.29, 1.82) is 0 Å². The predicted molar refractivity (Wildman–Crippen MR) is 64.9 cm³/mol. The van der Waals surface area contributed by atoms with Crippen LogP contribution in [0.3, 0.4) is 0 Å². The van der Waals surface area contributed by atoms with Crippen molar-refractivity contribution in [3.05, 3.63) is 11.7 Å². The zero-order valence-corrected chi connectivity index (χ0v) is 10.5. The van der Waals surface area contributed by atoms with Gasteiger partial charge < -0.3 is 9.84 Å². The maximum atomic E-state index is 5.43. The lowest BCUT2D eigenvalue weighted by Gasteiger charge is -2.23. The molecule has 2 aliphatic rings. The summed E-state index contributed by atoms with van der Waals surface area (Å²) in [6.45, 7) is 4.40. The second-order valence-electron chi connectivity index (χ2n) is 5.64. The van der Waals surface area contributed by atoms with Gasteiger partial charge in [0.05, 0.1) is 5.92 Å². The summed E-state index contributed by atoms with van der Waals surface area (Å²) in [6, 6.07) is 0.